The number of fused-ring (bicyclic) bond motifs is 1. The fraction of sp³-hybridized carbons (Fsp3) is 0.562. The lowest BCUT2D eigenvalue weighted by molar-refractivity contribution is -0.0650. The molecule has 1 saturated heterocycles. The number of hydrogen-bond acceptors (Lipinski definition) is 4. The van der Waals surface area contributed by atoms with Crippen molar-refractivity contribution >= 4 is 5.91 Å². The van der Waals surface area contributed by atoms with E-state index in [9.17, 15) is 4.79 Å². The van der Waals surface area contributed by atoms with Crippen molar-refractivity contribution in [2.24, 2.45) is 5.92 Å². The summed E-state index contributed by atoms with van der Waals surface area (Å²) in [5, 5.41) is 11.2. The molecule has 3 heterocycles. The molecule has 2 fully saturated rings. The summed E-state index contributed by atoms with van der Waals surface area (Å²) < 4.78 is 7.97. The molecule has 122 valence electrons. The first-order valence-corrected chi connectivity index (χ1v) is 8.14. The molecular formula is C16H21N5O2. The number of amides is 1. The van der Waals surface area contributed by atoms with E-state index in [0.717, 1.165) is 25.1 Å². The molecule has 3 atom stereocenters. The molecule has 1 amide bonds. The van der Waals surface area contributed by atoms with Gasteiger partial charge in [0.05, 0.1) is 18.8 Å². The Kier molecular flexibility index (Phi) is 3.65. The second kappa shape index (κ2) is 5.81. The first-order valence-electron chi connectivity index (χ1n) is 8.14. The Morgan fingerprint density at radius 1 is 1.48 bits per heavy atom. The van der Waals surface area contributed by atoms with Gasteiger partial charge < -0.3 is 9.64 Å². The summed E-state index contributed by atoms with van der Waals surface area (Å²) in [6.07, 6.45) is 5.90. The van der Waals surface area contributed by atoms with Crippen LogP contribution in [0.15, 0.2) is 24.5 Å². The van der Waals surface area contributed by atoms with E-state index in [0.29, 0.717) is 24.8 Å². The maximum absolute atomic E-state index is 12.7. The number of ether oxygens (including phenoxy) is 1. The SMILES string of the molecule is Cc1cc(C(=O)N2CCO[C@@H]3C(Cn4cccn4)CC[C@H]32)n[nH]1. The van der Waals surface area contributed by atoms with Crippen LogP contribution in [-0.4, -0.2) is 56.1 Å². The Morgan fingerprint density at radius 3 is 3.13 bits per heavy atom. The lowest BCUT2D eigenvalue weighted by atomic mass is 10.0. The highest BCUT2D eigenvalue weighted by Crippen LogP contribution is 2.36. The predicted molar refractivity (Wildman–Crippen MR) is 82.8 cm³/mol. The van der Waals surface area contributed by atoms with Crippen molar-refractivity contribution in [2.45, 2.75) is 38.5 Å². The minimum absolute atomic E-state index is 0.00684. The number of aryl methyl sites for hydroxylation is 1. The van der Waals surface area contributed by atoms with E-state index in [4.69, 9.17) is 4.74 Å². The number of aromatic nitrogens is 4. The van der Waals surface area contributed by atoms with Crippen molar-refractivity contribution in [3.63, 3.8) is 0 Å². The van der Waals surface area contributed by atoms with E-state index in [1.165, 1.54) is 0 Å². The van der Waals surface area contributed by atoms with Crippen LogP contribution in [0.25, 0.3) is 0 Å². The minimum Gasteiger partial charge on any atom is -0.374 e. The molecule has 1 unspecified atom stereocenters. The smallest absolute Gasteiger partial charge is 0.274 e. The van der Waals surface area contributed by atoms with Crippen molar-refractivity contribution < 1.29 is 9.53 Å². The summed E-state index contributed by atoms with van der Waals surface area (Å²) in [5.41, 5.74) is 1.40. The number of H-pyrrole nitrogens is 1. The van der Waals surface area contributed by atoms with Crippen LogP contribution >= 0.6 is 0 Å². The lowest BCUT2D eigenvalue weighted by Crippen LogP contribution is -2.53. The van der Waals surface area contributed by atoms with Crippen molar-refractivity contribution in [1.29, 1.82) is 0 Å². The summed E-state index contributed by atoms with van der Waals surface area (Å²) in [7, 11) is 0. The molecule has 7 heteroatoms. The molecule has 0 aromatic carbocycles. The summed E-state index contributed by atoms with van der Waals surface area (Å²) in [6.45, 7) is 3.98. The standard InChI is InChI=1S/C16H21N5O2/c1-11-9-13(19-18-11)16(22)21-7-8-23-15-12(3-4-14(15)21)10-20-6-2-5-17-20/h2,5-6,9,12,14-15H,3-4,7-8,10H2,1H3,(H,18,19)/t12?,14-,15-/m1/s1. The largest absolute Gasteiger partial charge is 0.374 e. The maximum atomic E-state index is 12.7. The Bertz CT molecular complexity index is 680. The van der Waals surface area contributed by atoms with E-state index in [1.54, 1.807) is 6.20 Å². The zero-order valence-electron chi connectivity index (χ0n) is 13.2. The highest BCUT2D eigenvalue weighted by atomic mass is 16.5. The summed E-state index contributed by atoms with van der Waals surface area (Å²) in [5.74, 6) is 0.406. The van der Waals surface area contributed by atoms with Gasteiger partial charge >= 0.3 is 0 Å². The molecule has 1 saturated carbocycles. The van der Waals surface area contributed by atoms with E-state index in [2.05, 4.69) is 15.3 Å². The molecule has 4 rings (SSSR count). The molecule has 1 aliphatic heterocycles. The Morgan fingerprint density at radius 2 is 2.39 bits per heavy atom. The number of aromatic amines is 1. The third-order valence-electron chi connectivity index (χ3n) is 4.89. The van der Waals surface area contributed by atoms with Gasteiger partial charge in [0.1, 0.15) is 5.69 Å². The van der Waals surface area contributed by atoms with Crippen LogP contribution in [0.5, 0.6) is 0 Å². The average molecular weight is 315 g/mol. The van der Waals surface area contributed by atoms with Gasteiger partial charge in [-0.15, -0.1) is 0 Å². The van der Waals surface area contributed by atoms with E-state index in [1.807, 2.05) is 34.8 Å². The Hall–Kier alpha value is -2.15. The first kappa shape index (κ1) is 14.4. The maximum Gasteiger partial charge on any atom is 0.274 e. The molecule has 23 heavy (non-hydrogen) atoms. The Labute approximate surface area is 134 Å². The molecule has 0 spiro atoms. The number of morpholine rings is 1. The predicted octanol–water partition coefficient (Wildman–Crippen LogP) is 1.23. The number of nitrogens with one attached hydrogen (secondary N) is 1. The third kappa shape index (κ3) is 2.65. The number of hydrogen-bond donors (Lipinski definition) is 1. The van der Waals surface area contributed by atoms with Gasteiger partial charge in [-0.05, 0) is 31.9 Å². The molecule has 1 aliphatic carbocycles. The van der Waals surface area contributed by atoms with Crippen molar-refractivity contribution in [1.82, 2.24) is 24.9 Å². The van der Waals surface area contributed by atoms with Gasteiger partial charge in [0.15, 0.2) is 0 Å². The normalized spacial score (nSPS) is 27.2. The summed E-state index contributed by atoms with van der Waals surface area (Å²) in [4.78, 5) is 14.7. The molecule has 2 aliphatic rings. The number of nitrogens with zero attached hydrogens (tertiary/aromatic N) is 4. The van der Waals surface area contributed by atoms with Gasteiger partial charge in [-0.3, -0.25) is 14.6 Å². The van der Waals surface area contributed by atoms with Crippen LogP contribution in [0.1, 0.15) is 29.0 Å². The van der Waals surface area contributed by atoms with Gasteiger partial charge in [-0.25, -0.2) is 0 Å². The van der Waals surface area contributed by atoms with Gasteiger partial charge in [0, 0.05) is 37.1 Å². The van der Waals surface area contributed by atoms with Gasteiger partial charge in [0.25, 0.3) is 5.91 Å². The second-order valence-electron chi connectivity index (χ2n) is 6.40. The van der Waals surface area contributed by atoms with Crippen molar-refractivity contribution in [3.05, 3.63) is 35.9 Å². The van der Waals surface area contributed by atoms with Crippen LogP contribution < -0.4 is 0 Å². The fourth-order valence-electron chi connectivity index (χ4n) is 3.83. The molecule has 7 nitrogen and oxygen atoms in total. The summed E-state index contributed by atoms with van der Waals surface area (Å²) in [6, 6.07) is 3.89. The zero-order chi connectivity index (χ0) is 15.8. The number of carbonyl (C=O) groups excluding carboxylic acids is 1. The van der Waals surface area contributed by atoms with Crippen molar-refractivity contribution in [3.8, 4) is 0 Å². The number of rotatable bonds is 3. The fourth-order valence-corrected chi connectivity index (χ4v) is 3.83. The second-order valence-corrected chi connectivity index (χ2v) is 6.40. The van der Waals surface area contributed by atoms with Gasteiger partial charge in [-0.2, -0.15) is 10.2 Å². The molecule has 0 bridgehead atoms. The van der Waals surface area contributed by atoms with Gasteiger partial charge in [0.2, 0.25) is 0 Å². The van der Waals surface area contributed by atoms with Crippen LogP contribution in [0, 0.1) is 12.8 Å². The van der Waals surface area contributed by atoms with Crippen molar-refractivity contribution in [2.75, 3.05) is 13.2 Å². The molecular weight excluding hydrogens is 294 g/mol. The lowest BCUT2D eigenvalue weighted by Gasteiger charge is -2.39. The zero-order valence-corrected chi connectivity index (χ0v) is 13.2. The topological polar surface area (TPSA) is 76.0 Å². The van der Waals surface area contributed by atoms with E-state index in [-0.39, 0.29) is 18.1 Å². The van der Waals surface area contributed by atoms with E-state index < -0.39 is 0 Å². The van der Waals surface area contributed by atoms with Crippen LogP contribution in [0.4, 0.5) is 0 Å². The molecule has 0 radical (unpaired) electrons. The average Bonchev–Trinajstić information content (AvgIpc) is 3.28. The van der Waals surface area contributed by atoms with Crippen LogP contribution in [0.3, 0.4) is 0 Å². The minimum atomic E-state index is 0.00684. The molecule has 1 N–H and O–H groups in total. The van der Waals surface area contributed by atoms with Gasteiger partial charge in [-0.1, -0.05) is 0 Å². The quantitative estimate of drug-likeness (QED) is 0.924. The summed E-state index contributed by atoms with van der Waals surface area (Å²) >= 11 is 0. The third-order valence-corrected chi connectivity index (χ3v) is 4.89. The van der Waals surface area contributed by atoms with Crippen LogP contribution in [-0.2, 0) is 11.3 Å². The van der Waals surface area contributed by atoms with Crippen LogP contribution in [0.2, 0.25) is 0 Å². The van der Waals surface area contributed by atoms with E-state index >= 15 is 0 Å². The first-order chi connectivity index (χ1) is 11.2. The highest BCUT2D eigenvalue weighted by Gasteiger charge is 2.44. The number of carbonyl (C=O) groups is 1. The molecule has 2 aromatic heterocycles. The molecule has 2 aromatic rings. The Balaban J connectivity index is 1.50. The highest BCUT2D eigenvalue weighted by molar-refractivity contribution is 5.92. The monoisotopic (exact) mass is 315 g/mol.